The maximum Gasteiger partial charge on any atom is 0.130 e. The smallest absolute Gasteiger partial charge is 0.130 e. The Morgan fingerprint density at radius 1 is 1.33 bits per heavy atom. The minimum atomic E-state index is -1.49. The molecule has 0 N–H and O–H groups in total. The van der Waals surface area contributed by atoms with Gasteiger partial charge in [0.1, 0.15) is 8.07 Å². The molecular weight excluding hydrogens is 164 g/mol. The van der Waals surface area contributed by atoms with Gasteiger partial charge in [-0.1, -0.05) is 17.9 Å². The van der Waals surface area contributed by atoms with E-state index in [0.717, 1.165) is 6.61 Å². The van der Waals surface area contributed by atoms with E-state index in [1.165, 1.54) is 19.3 Å². The molecule has 1 rings (SSSR count). The molecule has 0 aromatic carbocycles. The molecule has 1 unspecified atom stereocenters. The summed E-state index contributed by atoms with van der Waals surface area (Å²) in [7, 11) is -1.49. The van der Waals surface area contributed by atoms with Crippen molar-refractivity contribution in [3.63, 3.8) is 0 Å². The normalized spacial score (nSPS) is 24.9. The van der Waals surface area contributed by atoms with Crippen molar-refractivity contribution in [2.75, 3.05) is 6.61 Å². The lowest BCUT2D eigenvalue weighted by atomic mass is 10.2. The van der Waals surface area contributed by atoms with E-state index in [0.29, 0.717) is 5.73 Å². The zero-order valence-electron chi connectivity index (χ0n) is 7.88. The Hall–Kier alpha value is -0.343. The third-order valence-electron chi connectivity index (χ3n) is 2.75. The van der Waals surface area contributed by atoms with Gasteiger partial charge in [-0.15, -0.1) is 13.2 Å². The van der Waals surface area contributed by atoms with Gasteiger partial charge in [-0.3, -0.25) is 0 Å². The predicted molar refractivity (Wildman–Crippen MR) is 55.6 cm³/mol. The molecule has 1 aliphatic rings. The van der Waals surface area contributed by atoms with Crippen LogP contribution in [0.5, 0.6) is 0 Å². The number of rotatable bonds is 3. The van der Waals surface area contributed by atoms with Crippen molar-refractivity contribution in [3.05, 3.63) is 24.6 Å². The van der Waals surface area contributed by atoms with E-state index in [-0.39, 0.29) is 0 Å². The second-order valence-electron chi connectivity index (χ2n) is 3.63. The Morgan fingerprint density at radius 3 is 2.42 bits per heavy atom. The van der Waals surface area contributed by atoms with Gasteiger partial charge in [-0.25, -0.2) is 0 Å². The maximum atomic E-state index is 5.74. The Morgan fingerprint density at radius 2 is 2.00 bits per heavy atom. The summed E-state index contributed by atoms with van der Waals surface area (Å²) in [6, 6.07) is 0. The van der Waals surface area contributed by atoms with Crippen molar-refractivity contribution in [2.45, 2.75) is 31.5 Å². The number of hydrogen-bond donors (Lipinski definition) is 0. The van der Waals surface area contributed by atoms with Crippen molar-refractivity contribution in [1.82, 2.24) is 0 Å². The van der Waals surface area contributed by atoms with Crippen LogP contribution in [0.15, 0.2) is 24.6 Å². The molecule has 0 aliphatic carbocycles. The second kappa shape index (κ2) is 4.05. The summed E-state index contributed by atoms with van der Waals surface area (Å²) in [4.78, 5) is 0. The van der Waals surface area contributed by atoms with E-state index >= 15 is 0 Å². The molecule has 1 nitrogen and oxygen atoms in total. The molecule has 0 radical (unpaired) electrons. The van der Waals surface area contributed by atoms with Gasteiger partial charge < -0.3 is 4.74 Å². The van der Waals surface area contributed by atoms with Crippen molar-refractivity contribution in [1.29, 1.82) is 0 Å². The molecule has 12 heavy (non-hydrogen) atoms. The van der Waals surface area contributed by atoms with Gasteiger partial charge in [0.15, 0.2) is 0 Å². The largest absolute Gasteiger partial charge is 0.381 e. The molecule has 0 aromatic rings. The van der Waals surface area contributed by atoms with Gasteiger partial charge in [0.05, 0.1) is 5.73 Å². The molecule has 0 spiro atoms. The Balaban J connectivity index is 2.63. The fourth-order valence-electron chi connectivity index (χ4n) is 1.58. The van der Waals surface area contributed by atoms with E-state index in [2.05, 4.69) is 31.1 Å². The minimum Gasteiger partial charge on any atom is -0.381 e. The summed E-state index contributed by atoms with van der Waals surface area (Å²) in [5, 5.41) is 0. The molecule has 2 heteroatoms. The van der Waals surface area contributed by atoms with E-state index in [9.17, 15) is 0 Å². The molecule has 1 heterocycles. The van der Waals surface area contributed by atoms with Gasteiger partial charge >= 0.3 is 0 Å². The average Bonchev–Trinajstić information content (AvgIpc) is 2.18. The Kier molecular flexibility index (Phi) is 3.29. The van der Waals surface area contributed by atoms with Gasteiger partial charge in [0.2, 0.25) is 0 Å². The van der Waals surface area contributed by atoms with Gasteiger partial charge in [0.25, 0.3) is 0 Å². The molecule has 0 bridgehead atoms. The molecular formula is C10H18OSi. The first-order valence-corrected chi connectivity index (χ1v) is 7.35. The van der Waals surface area contributed by atoms with Crippen LogP contribution in [0.2, 0.25) is 6.55 Å². The summed E-state index contributed by atoms with van der Waals surface area (Å²) in [5.41, 5.74) is 4.59. The zero-order chi connectivity index (χ0) is 9.03. The lowest BCUT2D eigenvalue weighted by Gasteiger charge is -2.33. The first kappa shape index (κ1) is 9.74. The molecule has 0 saturated carbocycles. The SMILES string of the molecule is C=C[Si](C)(C=C)C1CCCCO1. The summed E-state index contributed by atoms with van der Waals surface area (Å²) in [6.45, 7) is 11.0. The highest BCUT2D eigenvalue weighted by atomic mass is 28.3. The summed E-state index contributed by atoms with van der Waals surface area (Å²) >= 11 is 0. The standard InChI is InChI=1S/C10H18OSi/c1-4-12(3,5-2)10-8-6-7-9-11-10/h4-5,10H,1-2,6-9H2,3H3. The van der Waals surface area contributed by atoms with Gasteiger partial charge in [-0.05, 0) is 19.3 Å². The minimum absolute atomic E-state index is 0.432. The van der Waals surface area contributed by atoms with Crippen LogP contribution in [0.3, 0.4) is 0 Å². The highest BCUT2D eigenvalue weighted by molar-refractivity contribution is 6.88. The van der Waals surface area contributed by atoms with Crippen LogP contribution in [0, 0.1) is 0 Å². The monoisotopic (exact) mass is 182 g/mol. The second-order valence-corrected chi connectivity index (χ2v) is 7.82. The molecule has 1 atom stereocenters. The fraction of sp³-hybridized carbons (Fsp3) is 0.600. The average molecular weight is 182 g/mol. The van der Waals surface area contributed by atoms with Crippen LogP contribution in [-0.4, -0.2) is 20.4 Å². The zero-order valence-corrected chi connectivity index (χ0v) is 8.88. The van der Waals surface area contributed by atoms with Crippen LogP contribution in [-0.2, 0) is 4.74 Å². The van der Waals surface area contributed by atoms with Crippen molar-refractivity contribution in [3.8, 4) is 0 Å². The van der Waals surface area contributed by atoms with E-state index < -0.39 is 8.07 Å². The summed E-state index contributed by atoms with van der Waals surface area (Å²) < 4.78 is 5.74. The van der Waals surface area contributed by atoms with Crippen LogP contribution in [0.4, 0.5) is 0 Å². The molecule has 68 valence electrons. The van der Waals surface area contributed by atoms with Crippen LogP contribution < -0.4 is 0 Å². The first-order chi connectivity index (χ1) is 5.73. The lowest BCUT2D eigenvalue weighted by Crippen LogP contribution is -2.44. The highest BCUT2D eigenvalue weighted by Crippen LogP contribution is 2.23. The van der Waals surface area contributed by atoms with Gasteiger partial charge in [0, 0.05) is 6.61 Å². The van der Waals surface area contributed by atoms with E-state index in [4.69, 9.17) is 4.74 Å². The molecule has 1 aliphatic heterocycles. The number of hydrogen-bond acceptors (Lipinski definition) is 1. The molecule has 1 saturated heterocycles. The fourth-order valence-corrected chi connectivity index (χ4v) is 3.57. The van der Waals surface area contributed by atoms with Crippen molar-refractivity contribution >= 4 is 8.07 Å². The van der Waals surface area contributed by atoms with Gasteiger partial charge in [-0.2, -0.15) is 0 Å². The third kappa shape index (κ3) is 1.87. The molecule has 0 aromatic heterocycles. The number of ether oxygens (including phenoxy) is 1. The Bertz CT molecular complexity index is 163. The lowest BCUT2D eigenvalue weighted by molar-refractivity contribution is 0.0616. The van der Waals surface area contributed by atoms with Crippen molar-refractivity contribution in [2.24, 2.45) is 0 Å². The Labute approximate surface area is 76.1 Å². The summed E-state index contributed by atoms with van der Waals surface area (Å²) in [6.07, 6.45) is 3.71. The van der Waals surface area contributed by atoms with E-state index in [1.54, 1.807) is 0 Å². The summed E-state index contributed by atoms with van der Waals surface area (Å²) in [5.74, 6) is 0. The first-order valence-electron chi connectivity index (χ1n) is 4.62. The topological polar surface area (TPSA) is 9.23 Å². The quantitative estimate of drug-likeness (QED) is 0.610. The van der Waals surface area contributed by atoms with Crippen LogP contribution in [0.1, 0.15) is 19.3 Å². The van der Waals surface area contributed by atoms with Crippen LogP contribution >= 0.6 is 0 Å². The molecule has 1 fully saturated rings. The maximum absolute atomic E-state index is 5.74. The van der Waals surface area contributed by atoms with Crippen LogP contribution in [0.25, 0.3) is 0 Å². The predicted octanol–water partition coefficient (Wildman–Crippen LogP) is 2.62. The molecule has 0 amide bonds. The van der Waals surface area contributed by atoms with E-state index in [1.807, 2.05) is 0 Å². The van der Waals surface area contributed by atoms with Crippen molar-refractivity contribution < 1.29 is 4.74 Å². The third-order valence-corrected chi connectivity index (χ3v) is 6.36. The highest BCUT2D eigenvalue weighted by Gasteiger charge is 2.32.